The van der Waals surface area contributed by atoms with Crippen molar-refractivity contribution < 1.29 is 18.2 Å². The minimum atomic E-state index is -3.75. The molecule has 3 nitrogen and oxygen atoms in total. The van der Waals surface area contributed by atoms with Crippen LogP contribution in [-0.4, -0.2) is 9.46 Å². The van der Waals surface area contributed by atoms with Gasteiger partial charge in [-0.15, -0.1) is 8.78 Å². The molecule has 0 spiro atoms. The molecular formula is C24H21F2NO2P+. The molecule has 4 aromatic rings. The van der Waals surface area contributed by atoms with Crippen molar-refractivity contribution in [1.82, 2.24) is 4.57 Å². The van der Waals surface area contributed by atoms with Crippen LogP contribution in [0.25, 0.3) is 10.9 Å². The Morgan fingerprint density at radius 2 is 1.67 bits per heavy atom. The molecule has 1 atom stereocenters. The van der Waals surface area contributed by atoms with E-state index in [0.717, 1.165) is 17.5 Å². The number of hydrogen-bond donors (Lipinski definition) is 1. The molecule has 4 rings (SSSR count). The Morgan fingerprint density at radius 3 is 2.37 bits per heavy atom. The third-order valence-electron chi connectivity index (χ3n) is 5.32. The fourth-order valence-electron chi connectivity index (χ4n) is 3.87. The van der Waals surface area contributed by atoms with Gasteiger partial charge in [0.1, 0.15) is 0 Å². The van der Waals surface area contributed by atoms with Gasteiger partial charge in [0, 0.05) is 23.6 Å². The summed E-state index contributed by atoms with van der Waals surface area (Å²) in [5.74, 6) is 0. The van der Waals surface area contributed by atoms with Crippen molar-refractivity contribution in [2.45, 2.75) is 25.6 Å². The largest absolute Gasteiger partial charge is 0.589 e. The molecule has 0 aliphatic rings. The zero-order chi connectivity index (χ0) is 21.3. The van der Waals surface area contributed by atoms with E-state index in [2.05, 4.69) is 35.0 Å². The SMILES string of the molecule is Cc1cc(Cn2cc(Cc3ccccc3)c3ccccc32)ccc1C(F)(F)[P+](=O)O. The lowest BCUT2D eigenvalue weighted by Crippen LogP contribution is -2.10. The van der Waals surface area contributed by atoms with Gasteiger partial charge in [0.2, 0.25) is 0 Å². The first-order valence-corrected chi connectivity index (χ1v) is 10.8. The molecule has 1 aromatic heterocycles. The predicted molar refractivity (Wildman–Crippen MR) is 115 cm³/mol. The van der Waals surface area contributed by atoms with Crippen molar-refractivity contribution in [1.29, 1.82) is 0 Å². The van der Waals surface area contributed by atoms with Crippen LogP contribution >= 0.6 is 8.03 Å². The molecule has 0 amide bonds. The molecule has 0 aliphatic carbocycles. The molecule has 1 unspecified atom stereocenters. The van der Waals surface area contributed by atoms with E-state index in [1.54, 1.807) is 19.1 Å². The van der Waals surface area contributed by atoms with E-state index in [1.807, 2.05) is 30.3 Å². The fraction of sp³-hybridized carbons (Fsp3) is 0.167. The highest BCUT2D eigenvalue weighted by atomic mass is 31.1. The van der Waals surface area contributed by atoms with Crippen LogP contribution < -0.4 is 0 Å². The molecule has 1 heterocycles. The Labute approximate surface area is 174 Å². The third-order valence-corrected chi connectivity index (χ3v) is 6.04. The summed E-state index contributed by atoms with van der Waals surface area (Å²) < 4.78 is 41.1. The number of aryl methyl sites for hydroxylation is 1. The van der Waals surface area contributed by atoms with Crippen LogP contribution in [-0.2, 0) is 23.2 Å². The van der Waals surface area contributed by atoms with Gasteiger partial charge in [0.15, 0.2) is 0 Å². The second-order valence-electron chi connectivity index (χ2n) is 7.43. The van der Waals surface area contributed by atoms with Gasteiger partial charge in [-0.2, -0.15) is 4.89 Å². The molecule has 0 fully saturated rings. The predicted octanol–water partition coefficient (Wildman–Crippen LogP) is 6.37. The van der Waals surface area contributed by atoms with E-state index >= 15 is 0 Å². The van der Waals surface area contributed by atoms with Gasteiger partial charge in [-0.05, 0) is 52.3 Å². The van der Waals surface area contributed by atoms with E-state index < -0.39 is 19.3 Å². The number of nitrogens with zero attached hydrogens (tertiary/aromatic N) is 1. The Hall–Kier alpha value is -2.88. The standard InChI is InChI=1S/C24H20F2NO2P/c1-17-13-19(11-12-22(17)24(25,26)30(28)29)15-27-16-20(14-18-7-3-2-4-8-18)21-9-5-6-10-23(21)27/h2-13,16H,14-15H2,1H3/p+1. The summed E-state index contributed by atoms with van der Waals surface area (Å²) in [6.45, 7) is 2.06. The van der Waals surface area contributed by atoms with Crippen molar-refractivity contribution in [3.8, 4) is 0 Å². The molecule has 6 heteroatoms. The van der Waals surface area contributed by atoms with Crippen molar-refractivity contribution in [2.75, 3.05) is 0 Å². The number of para-hydroxylation sites is 1. The van der Waals surface area contributed by atoms with E-state index in [4.69, 9.17) is 4.89 Å². The molecule has 30 heavy (non-hydrogen) atoms. The summed E-state index contributed by atoms with van der Waals surface area (Å²) in [6, 6.07) is 22.9. The maximum atomic E-state index is 14.0. The minimum Gasteiger partial charge on any atom is -0.343 e. The van der Waals surface area contributed by atoms with Crippen LogP contribution in [0, 0.1) is 6.92 Å². The van der Waals surface area contributed by atoms with Gasteiger partial charge in [0.25, 0.3) is 0 Å². The molecule has 0 saturated heterocycles. The Bertz CT molecular complexity index is 1220. The molecule has 152 valence electrons. The van der Waals surface area contributed by atoms with Crippen LogP contribution in [0.15, 0.2) is 79.0 Å². The van der Waals surface area contributed by atoms with Crippen LogP contribution in [0.5, 0.6) is 0 Å². The summed E-state index contributed by atoms with van der Waals surface area (Å²) in [4.78, 5) is 8.96. The quantitative estimate of drug-likeness (QED) is 0.365. The molecule has 0 saturated carbocycles. The van der Waals surface area contributed by atoms with Crippen LogP contribution in [0.1, 0.15) is 27.8 Å². The maximum Gasteiger partial charge on any atom is 0.589 e. The number of rotatable bonds is 6. The molecule has 0 aliphatic heterocycles. The van der Waals surface area contributed by atoms with Gasteiger partial charge < -0.3 is 4.57 Å². The van der Waals surface area contributed by atoms with Crippen LogP contribution in [0.4, 0.5) is 8.78 Å². The van der Waals surface area contributed by atoms with Crippen molar-refractivity contribution in [2.24, 2.45) is 0 Å². The topological polar surface area (TPSA) is 42.2 Å². The monoisotopic (exact) mass is 424 g/mol. The second-order valence-corrected chi connectivity index (χ2v) is 8.53. The number of alkyl halides is 2. The smallest absolute Gasteiger partial charge is 0.343 e. The van der Waals surface area contributed by atoms with Gasteiger partial charge in [-0.25, -0.2) is 0 Å². The average molecular weight is 424 g/mol. The second kappa shape index (κ2) is 8.10. The van der Waals surface area contributed by atoms with E-state index in [-0.39, 0.29) is 0 Å². The number of fused-ring (bicyclic) bond motifs is 1. The number of halogens is 2. The lowest BCUT2D eigenvalue weighted by Gasteiger charge is -2.11. The highest BCUT2D eigenvalue weighted by Gasteiger charge is 2.54. The lowest BCUT2D eigenvalue weighted by molar-refractivity contribution is 0.0808. The van der Waals surface area contributed by atoms with E-state index in [0.29, 0.717) is 12.1 Å². The highest BCUT2D eigenvalue weighted by molar-refractivity contribution is 7.39. The maximum absolute atomic E-state index is 14.0. The summed E-state index contributed by atoms with van der Waals surface area (Å²) in [5.41, 5.74) is 0.505. The number of hydrogen-bond acceptors (Lipinski definition) is 1. The fourth-order valence-corrected chi connectivity index (χ4v) is 4.33. The third kappa shape index (κ3) is 3.91. The Morgan fingerprint density at radius 1 is 0.967 bits per heavy atom. The van der Waals surface area contributed by atoms with Gasteiger partial charge in [0.05, 0.1) is 5.56 Å². The van der Waals surface area contributed by atoms with Gasteiger partial charge in [-0.1, -0.05) is 60.7 Å². The first-order chi connectivity index (χ1) is 14.4. The summed E-state index contributed by atoms with van der Waals surface area (Å²) in [7, 11) is -3.63. The zero-order valence-corrected chi connectivity index (χ0v) is 17.3. The van der Waals surface area contributed by atoms with Crippen molar-refractivity contribution in [3.05, 3.63) is 107 Å². The molecule has 0 radical (unpaired) electrons. The summed E-state index contributed by atoms with van der Waals surface area (Å²) in [6.07, 6.45) is 2.92. The normalized spacial score (nSPS) is 12.3. The first kappa shape index (κ1) is 20.4. The van der Waals surface area contributed by atoms with Crippen LogP contribution in [0.2, 0.25) is 0 Å². The Balaban J connectivity index is 1.68. The van der Waals surface area contributed by atoms with Crippen molar-refractivity contribution in [3.63, 3.8) is 0 Å². The molecular weight excluding hydrogens is 403 g/mol. The lowest BCUT2D eigenvalue weighted by atomic mass is 10.0. The van der Waals surface area contributed by atoms with Crippen molar-refractivity contribution >= 4 is 18.9 Å². The van der Waals surface area contributed by atoms with Crippen LogP contribution in [0.3, 0.4) is 0 Å². The minimum absolute atomic E-state index is 0.302. The summed E-state index contributed by atoms with van der Waals surface area (Å²) >= 11 is 0. The molecule has 0 bridgehead atoms. The number of benzene rings is 3. The zero-order valence-electron chi connectivity index (χ0n) is 16.4. The molecule has 1 N–H and O–H groups in total. The highest BCUT2D eigenvalue weighted by Crippen LogP contribution is 2.48. The first-order valence-electron chi connectivity index (χ1n) is 9.61. The van der Waals surface area contributed by atoms with E-state index in [9.17, 15) is 13.3 Å². The summed E-state index contributed by atoms with van der Waals surface area (Å²) in [5, 5.41) is 1.17. The molecule has 3 aromatic carbocycles. The van der Waals surface area contributed by atoms with Gasteiger partial charge >= 0.3 is 13.7 Å². The number of aromatic nitrogens is 1. The average Bonchev–Trinajstić information content (AvgIpc) is 3.06. The van der Waals surface area contributed by atoms with Gasteiger partial charge in [-0.3, -0.25) is 0 Å². The Kier molecular flexibility index (Phi) is 5.50. The van der Waals surface area contributed by atoms with E-state index in [1.165, 1.54) is 22.6 Å².